The van der Waals surface area contributed by atoms with Gasteiger partial charge in [-0.2, -0.15) is 0 Å². The van der Waals surface area contributed by atoms with Crippen molar-refractivity contribution < 1.29 is 19.3 Å². The molecule has 1 heterocycles. The molecular weight excluding hydrogens is 436 g/mol. The molecule has 7 atom stereocenters. The van der Waals surface area contributed by atoms with Crippen LogP contribution in [0.25, 0.3) is 0 Å². The van der Waals surface area contributed by atoms with Gasteiger partial charge in [-0.05, 0) is 117 Å². The Morgan fingerprint density at radius 1 is 1.06 bits per heavy atom. The number of aryl methyl sites for hydroxylation is 1. The van der Waals surface area contributed by atoms with Crippen LogP contribution >= 0.6 is 0 Å². The van der Waals surface area contributed by atoms with Gasteiger partial charge < -0.3 is 19.3 Å². The van der Waals surface area contributed by atoms with Gasteiger partial charge in [0.25, 0.3) is 0 Å². The fraction of sp³-hybridized carbons (Fsp3) is 0.806. The number of fused-ring (bicyclic) bond motifs is 5. The molecule has 0 radical (unpaired) electrons. The number of aliphatic hydroxyl groups excluding tert-OH is 1. The van der Waals surface area contributed by atoms with Crippen molar-refractivity contribution in [1.29, 1.82) is 0 Å². The largest absolute Gasteiger partial charge is 0.497 e. The van der Waals surface area contributed by atoms with E-state index in [4.69, 9.17) is 14.2 Å². The van der Waals surface area contributed by atoms with Crippen molar-refractivity contribution in [2.45, 2.75) is 115 Å². The maximum Gasteiger partial charge on any atom is 0.157 e. The number of rotatable bonds is 10. The topological polar surface area (TPSA) is 47.9 Å². The zero-order valence-corrected chi connectivity index (χ0v) is 22.2. The van der Waals surface area contributed by atoms with Crippen molar-refractivity contribution in [3.05, 3.63) is 29.3 Å². The highest BCUT2D eigenvalue weighted by Gasteiger charge is 2.57. The van der Waals surface area contributed by atoms with E-state index >= 15 is 0 Å². The van der Waals surface area contributed by atoms with Gasteiger partial charge >= 0.3 is 0 Å². The zero-order chi connectivity index (χ0) is 24.3. The monoisotopic (exact) mass is 484 g/mol. The fourth-order valence-corrected chi connectivity index (χ4v) is 8.21. The molecule has 4 aliphatic rings. The van der Waals surface area contributed by atoms with E-state index in [1.807, 2.05) is 0 Å². The summed E-state index contributed by atoms with van der Waals surface area (Å²) in [6, 6.07) is 6.75. The Labute approximate surface area is 213 Å². The van der Waals surface area contributed by atoms with Crippen molar-refractivity contribution in [2.24, 2.45) is 23.2 Å². The van der Waals surface area contributed by atoms with E-state index in [-0.39, 0.29) is 17.8 Å². The minimum atomic E-state index is -0.116. The van der Waals surface area contributed by atoms with Gasteiger partial charge in [-0.15, -0.1) is 0 Å². The first-order valence-corrected chi connectivity index (χ1v) is 14.7. The van der Waals surface area contributed by atoms with Crippen LogP contribution < -0.4 is 4.74 Å². The maximum atomic E-state index is 11.4. The number of unbranched alkanes of at least 4 members (excludes halogenated alkanes) is 4. The highest BCUT2D eigenvalue weighted by atomic mass is 16.7. The van der Waals surface area contributed by atoms with Crippen molar-refractivity contribution >= 4 is 0 Å². The summed E-state index contributed by atoms with van der Waals surface area (Å²) in [7, 11) is 1.77. The summed E-state index contributed by atoms with van der Waals surface area (Å²) >= 11 is 0. The van der Waals surface area contributed by atoms with Gasteiger partial charge in [0.15, 0.2) is 6.29 Å². The number of hydrogen-bond donors (Lipinski definition) is 1. The Hall–Kier alpha value is -1.10. The van der Waals surface area contributed by atoms with E-state index in [0.717, 1.165) is 44.1 Å². The van der Waals surface area contributed by atoms with Gasteiger partial charge in [-0.3, -0.25) is 0 Å². The van der Waals surface area contributed by atoms with E-state index < -0.39 is 0 Å². The number of hydrogen-bond acceptors (Lipinski definition) is 4. The molecular formula is C31H48O4. The minimum Gasteiger partial charge on any atom is -0.497 e. The van der Waals surface area contributed by atoms with Crippen LogP contribution in [-0.2, 0) is 15.9 Å². The lowest BCUT2D eigenvalue weighted by Gasteiger charge is -2.50. The Balaban J connectivity index is 1.06. The first-order chi connectivity index (χ1) is 17.1. The number of aliphatic hydroxyl groups is 1. The van der Waals surface area contributed by atoms with Crippen LogP contribution in [0.3, 0.4) is 0 Å². The lowest BCUT2D eigenvalue weighted by Crippen LogP contribution is -2.44. The molecule has 35 heavy (non-hydrogen) atoms. The Bertz CT molecular complexity index is 818. The van der Waals surface area contributed by atoms with E-state index in [1.54, 1.807) is 12.7 Å². The van der Waals surface area contributed by atoms with Gasteiger partial charge in [-0.25, -0.2) is 0 Å². The van der Waals surface area contributed by atoms with Gasteiger partial charge in [-0.1, -0.05) is 38.7 Å². The predicted octanol–water partition coefficient (Wildman–Crippen LogP) is 7.02. The second-order valence-electron chi connectivity index (χ2n) is 12.2. The number of methoxy groups -OCH3 is 1. The average molecular weight is 485 g/mol. The first kappa shape index (κ1) is 25.5. The molecule has 0 spiro atoms. The van der Waals surface area contributed by atoms with Crippen LogP contribution in [0.5, 0.6) is 5.75 Å². The summed E-state index contributed by atoms with van der Waals surface area (Å²) in [6.07, 6.45) is 16.9. The van der Waals surface area contributed by atoms with Crippen molar-refractivity contribution in [3.8, 4) is 5.75 Å². The SMILES string of the molecule is COc1ccc2c(c1)CC[C@@H]1[C@@H]2CC[C@]2(C)[C@@H](O)[C@@H](CCCCCCCOC3CCCCO3)C[C@@H]12. The van der Waals surface area contributed by atoms with Gasteiger partial charge in [0.2, 0.25) is 0 Å². The quantitative estimate of drug-likeness (QED) is 0.362. The molecule has 1 aliphatic heterocycles. The summed E-state index contributed by atoms with van der Waals surface area (Å²) in [5.41, 5.74) is 3.19. The summed E-state index contributed by atoms with van der Waals surface area (Å²) in [4.78, 5) is 0. The van der Waals surface area contributed by atoms with Crippen LogP contribution in [0, 0.1) is 23.2 Å². The smallest absolute Gasteiger partial charge is 0.157 e. The average Bonchev–Trinajstić information content (AvgIpc) is 3.15. The molecule has 1 unspecified atom stereocenters. The Morgan fingerprint density at radius 3 is 2.74 bits per heavy atom. The van der Waals surface area contributed by atoms with Crippen LogP contribution in [0.4, 0.5) is 0 Å². The van der Waals surface area contributed by atoms with Gasteiger partial charge in [0.05, 0.1) is 13.2 Å². The van der Waals surface area contributed by atoms with Crippen molar-refractivity contribution in [2.75, 3.05) is 20.3 Å². The third-order valence-electron chi connectivity index (χ3n) is 10.2. The maximum absolute atomic E-state index is 11.4. The third-order valence-corrected chi connectivity index (χ3v) is 10.2. The van der Waals surface area contributed by atoms with Crippen LogP contribution in [0.1, 0.15) is 107 Å². The Kier molecular flexibility index (Phi) is 8.41. The molecule has 1 saturated heterocycles. The molecule has 1 aromatic carbocycles. The summed E-state index contributed by atoms with van der Waals surface area (Å²) in [5.74, 6) is 3.57. The molecule has 196 valence electrons. The summed E-state index contributed by atoms with van der Waals surface area (Å²) in [6.45, 7) is 4.12. The van der Waals surface area contributed by atoms with E-state index in [0.29, 0.717) is 17.8 Å². The molecule has 1 aromatic rings. The predicted molar refractivity (Wildman–Crippen MR) is 140 cm³/mol. The van der Waals surface area contributed by atoms with Gasteiger partial charge in [0.1, 0.15) is 5.75 Å². The molecule has 2 saturated carbocycles. The molecule has 3 aliphatic carbocycles. The molecule has 4 nitrogen and oxygen atoms in total. The molecule has 0 aromatic heterocycles. The normalized spacial score (nSPS) is 36.3. The number of ether oxygens (including phenoxy) is 3. The van der Waals surface area contributed by atoms with Crippen LogP contribution in [-0.4, -0.2) is 37.8 Å². The first-order valence-electron chi connectivity index (χ1n) is 14.7. The summed E-state index contributed by atoms with van der Waals surface area (Å²) in [5, 5.41) is 11.4. The van der Waals surface area contributed by atoms with Crippen molar-refractivity contribution in [3.63, 3.8) is 0 Å². The van der Waals surface area contributed by atoms with E-state index in [1.165, 1.54) is 76.2 Å². The van der Waals surface area contributed by atoms with E-state index in [2.05, 4.69) is 25.1 Å². The lowest BCUT2D eigenvalue weighted by molar-refractivity contribution is -0.162. The fourth-order valence-electron chi connectivity index (χ4n) is 8.21. The molecule has 1 N–H and O–H groups in total. The molecule has 0 amide bonds. The number of benzene rings is 1. The standard InChI is InChI=1S/C31H48O4/c1-31-17-16-26-25-15-13-24(33-2)20-22(25)12-14-27(26)28(31)21-23(30(31)32)10-6-4-3-5-8-18-34-29-11-7-9-19-35-29/h13,15,20,23,26-30,32H,3-12,14,16-19,21H2,1-2H3/t23-,26+,27+,28-,29?,30-,31-/m0/s1. The van der Waals surface area contributed by atoms with Gasteiger partial charge in [0, 0.05) is 13.2 Å². The molecule has 5 rings (SSSR count). The highest BCUT2D eigenvalue weighted by Crippen LogP contribution is 2.62. The Morgan fingerprint density at radius 2 is 1.91 bits per heavy atom. The zero-order valence-electron chi connectivity index (χ0n) is 22.2. The van der Waals surface area contributed by atoms with Crippen LogP contribution in [0.2, 0.25) is 0 Å². The molecule has 4 heteroatoms. The van der Waals surface area contributed by atoms with E-state index in [9.17, 15) is 5.11 Å². The second kappa shape index (κ2) is 11.5. The third kappa shape index (κ3) is 5.45. The van der Waals surface area contributed by atoms with Crippen LogP contribution in [0.15, 0.2) is 18.2 Å². The molecule has 0 bridgehead atoms. The second-order valence-corrected chi connectivity index (χ2v) is 12.2. The lowest BCUT2D eigenvalue weighted by atomic mass is 9.55. The molecule has 3 fully saturated rings. The minimum absolute atomic E-state index is 0.0533. The van der Waals surface area contributed by atoms with Crippen molar-refractivity contribution in [1.82, 2.24) is 0 Å². The summed E-state index contributed by atoms with van der Waals surface area (Å²) < 4.78 is 17.0. The highest BCUT2D eigenvalue weighted by molar-refractivity contribution is 5.40.